The van der Waals surface area contributed by atoms with Crippen molar-refractivity contribution >= 4 is 5.78 Å². The van der Waals surface area contributed by atoms with Crippen LogP contribution in [0.3, 0.4) is 0 Å². The zero-order valence-corrected chi connectivity index (χ0v) is 12.4. The molecule has 2 aliphatic heterocycles. The lowest BCUT2D eigenvalue weighted by Gasteiger charge is -2.46. The first kappa shape index (κ1) is 14.7. The van der Waals surface area contributed by atoms with Crippen LogP contribution < -0.4 is 0 Å². The summed E-state index contributed by atoms with van der Waals surface area (Å²) in [4.78, 5) is 12.7. The molecule has 2 aliphatic rings. The molecular weight excluding hydrogens is 272 g/mol. The number of benzene rings is 1. The molecule has 1 aromatic rings. The lowest BCUT2D eigenvalue weighted by molar-refractivity contribution is -0.318. The summed E-state index contributed by atoms with van der Waals surface area (Å²) in [5.74, 6) is -0.00479. The number of fused-ring (bicyclic) bond motifs is 1. The van der Waals surface area contributed by atoms with E-state index in [0.717, 1.165) is 5.56 Å². The summed E-state index contributed by atoms with van der Waals surface area (Å²) in [5, 5.41) is 0. The Morgan fingerprint density at radius 2 is 1.90 bits per heavy atom. The summed E-state index contributed by atoms with van der Waals surface area (Å²) in [5.41, 5.74) is 0.157. The van der Waals surface area contributed by atoms with Gasteiger partial charge in [-0.15, -0.1) is 0 Å². The molecule has 4 atom stereocenters. The van der Waals surface area contributed by atoms with Crippen molar-refractivity contribution in [2.75, 3.05) is 13.7 Å². The quantitative estimate of drug-likeness (QED) is 0.835. The highest BCUT2D eigenvalue weighted by atomic mass is 16.7. The molecule has 0 radical (unpaired) electrons. The van der Waals surface area contributed by atoms with E-state index in [1.54, 1.807) is 0 Å². The predicted molar refractivity (Wildman–Crippen MR) is 74.5 cm³/mol. The molecule has 0 aromatic heterocycles. The Bertz CT molecular complexity index is 513. The molecule has 0 bridgehead atoms. The standard InChI is InChI=1S/C16H20O5/c1-16(2)13(17)12-11(20-15(16)18-3)9-19-14(21-12)10-7-5-4-6-8-10/h4-8,11-12,14-15H,9H2,1-3H3/t11-,12-,14-,15+/m1/s1. The van der Waals surface area contributed by atoms with Gasteiger partial charge in [-0.25, -0.2) is 0 Å². The molecule has 0 amide bonds. The molecule has 114 valence electrons. The Morgan fingerprint density at radius 1 is 1.19 bits per heavy atom. The molecule has 1 aromatic carbocycles. The first-order valence-corrected chi connectivity index (χ1v) is 7.08. The van der Waals surface area contributed by atoms with E-state index >= 15 is 0 Å². The van der Waals surface area contributed by atoms with Crippen LogP contribution in [-0.2, 0) is 23.7 Å². The molecule has 5 nitrogen and oxygen atoms in total. The van der Waals surface area contributed by atoms with Crippen LogP contribution in [0.5, 0.6) is 0 Å². The summed E-state index contributed by atoms with van der Waals surface area (Å²) < 4.78 is 22.7. The van der Waals surface area contributed by atoms with Crippen molar-refractivity contribution in [3.63, 3.8) is 0 Å². The van der Waals surface area contributed by atoms with E-state index in [1.807, 2.05) is 44.2 Å². The van der Waals surface area contributed by atoms with Crippen LogP contribution in [0.2, 0.25) is 0 Å². The number of hydrogen-bond donors (Lipinski definition) is 0. The van der Waals surface area contributed by atoms with Gasteiger partial charge in [-0.1, -0.05) is 30.3 Å². The Labute approximate surface area is 124 Å². The van der Waals surface area contributed by atoms with Crippen LogP contribution in [0.4, 0.5) is 0 Å². The molecule has 2 fully saturated rings. The average Bonchev–Trinajstić information content (AvgIpc) is 2.51. The van der Waals surface area contributed by atoms with Gasteiger partial charge in [0.2, 0.25) is 0 Å². The van der Waals surface area contributed by atoms with E-state index in [-0.39, 0.29) is 5.78 Å². The van der Waals surface area contributed by atoms with Gasteiger partial charge < -0.3 is 18.9 Å². The van der Waals surface area contributed by atoms with Crippen LogP contribution in [0.1, 0.15) is 25.7 Å². The van der Waals surface area contributed by atoms with Crippen LogP contribution >= 0.6 is 0 Å². The summed E-state index contributed by atoms with van der Waals surface area (Å²) in [7, 11) is 1.54. The SMILES string of the molecule is CO[C@H]1O[C@@H]2CO[C@@H](c3ccccc3)O[C@H]2C(=O)C1(C)C. The number of ketones is 1. The number of carbonyl (C=O) groups excluding carboxylic acids is 1. The van der Waals surface area contributed by atoms with Crippen LogP contribution in [0.15, 0.2) is 30.3 Å². The van der Waals surface area contributed by atoms with Gasteiger partial charge in [0.05, 0.1) is 12.0 Å². The second-order valence-electron chi connectivity index (χ2n) is 5.96. The Kier molecular flexibility index (Phi) is 3.84. The molecule has 0 saturated carbocycles. The lowest BCUT2D eigenvalue weighted by atomic mass is 9.80. The van der Waals surface area contributed by atoms with E-state index < -0.39 is 30.2 Å². The van der Waals surface area contributed by atoms with Gasteiger partial charge in [0.1, 0.15) is 12.2 Å². The molecule has 3 rings (SSSR count). The van der Waals surface area contributed by atoms with E-state index in [1.165, 1.54) is 7.11 Å². The zero-order chi connectivity index (χ0) is 15.0. The average molecular weight is 292 g/mol. The minimum atomic E-state index is -0.742. The third-order valence-corrected chi connectivity index (χ3v) is 4.09. The van der Waals surface area contributed by atoms with Crippen molar-refractivity contribution in [1.29, 1.82) is 0 Å². The Balaban J connectivity index is 1.81. The minimum absolute atomic E-state index is 0.00479. The molecule has 2 saturated heterocycles. The van der Waals surface area contributed by atoms with E-state index in [9.17, 15) is 4.79 Å². The molecule has 2 heterocycles. The third-order valence-electron chi connectivity index (χ3n) is 4.09. The fraction of sp³-hybridized carbons (Fsp3) is 0.562. The second kappa shape index (κ2) is 5.50. The number of rotatable bonds is 2. The highest BCUT2D eigenvalue weighted by Crippen LogP contribution is 2.39. The Hall–Kier alpha value is -1.27. The molecule has 0 N–H and O–H groups in total. The number of Topliss-reactive ketones (excluding diaryl/α,β-unsaturated/α-hetero) is 1. The van der Waals surface area contributed by atoms with Crippen molar-refractivity contribution in [1.82, 2.24) is 0 Å². The van der Waals surface area contributed by atoms with E-state index in [4.69, 9.17) is 18.9 Å². The monoisotopic (exact) mass is 292 g/mol. The zero-order valence-electron chi connectivity index (χ0n) is 12.4. The van der Waals surface area contributed by atoms with Crippen LogP contribution in [-0.4, -0.2) is 38.0 Å². The minimum Gasteiger partial charge on any atom is -0.355 e. The van der Waals surface area contributed by atoms with Crippen LogP contribution in [0, 0.1) is 5.41 Å². The second-order valence-corrected chi connectivity index (χ2v) is 5.96. The molecule has 21 heavy (non-hydrogen) atoms. The molecule has 0 unspecified atom stereocenters. The summed E-state index contributed by atoms with van der Waals surface area (Å²) >= 11 is 0. The maximum atomic E-state index is 12.7. The van der Waals surface area contributed by atoms with Crippen LogP contribution in [0.25, 0.3) is 0 Å². The highest BCUT2D eigenvalue weighted by Gasteiger charge is 2.53. The van der Waals surface area contributed by atoms with Gasteiger partial charge in [-0.05, 0) is 13.8 Å². The normalized spacial score (nSPS) is 35.3. The van der Waals surface area contributed by atoms with Gasteiger partial charge in [0, 0.05) is 12.7 Å². The summed E-state index contributed by atoms with van der Waals surface area (Å²) in [6, 6.07) is 9.59. The fourth-order valence-electron chi connectivity index (χ4n) is 2.82. The van der Waals surface area contributed by atoms with Crippen molar-refractivity contribution in [3.05, 3.63) is 35.9 Å². The smallest absolute Gasteiger partial charge is 0.184 e. The Morgan fingerprint density at radius 3 is 2.57 bits per heavy atom. The first-order chi connectivity index (χ1) is 10.0. The topological polar surface area (TPSA) is 54.0 Å². The van der Waals surface area contributed by atoms with Crippen molar-refractivity contribution in [3.8, 4) is 0 Å². The lowest BCUT2D eigenvalue weighted by Crippen LogP contribution is -2.61. The van der Waals surface area contributed by atoms with E-state index in [0.29, 0.717) is 6.61 Å². The highest BCUT2D eigenvalue weighted by molar-refractivity contribution is 5.90. The first-order valence-electron chi connectivity index (χ1n) is 7.08. The maximum Gasteiger partial charge on any atom is 0.184 e. The molecule has 5 heteroatoms. The molecular formula is C16H20O5. The van der Waals surface area contributed by atoms with Gasteiger partial charge in [0.15, 0.2) is 18.4 Å². The molecule has 0 spiro atoms. The predicted octanol–water partition coefficient (Wildman–Crippen LogP) is 2.07. The van der Waals surface area contributed by atoms with Crippen molar-refractivity contribution < 1.29 is 23.7 Å². The molecule has 0 aliphatic carbocycles. The number of hydrogen-bond acceptors (Lipinski definition) is 5. The number of methoxy groups -OCH3 is 1. The number of ether oxygens (including phenoxy) is 4. The van der Waals surface area contributed by atoms with Crippen molar-refractivity contribution in [2.45, 2.75) is 38.6 Å². The van der Waals surface area contributed by atoms with E-state index in [2.05, 4.69) is 0 Å². The third kappa shape index (κ3) is 2.51. The van der Waals surface area contributed by atoms with Gasteiger partial charge in [-0.2, -0.15) is 0 Å². The van der Waals surface area contributed by atoms with Gasteiger partial charge >= 0.3 is 0 Å². The van der Waals surface area contributed by atoms with Gasteiger partial charge in [0.25, 0.3) is 0 Å². The summed E-state index contributed by atoms with van der Waals surface area (Å²) in [6.45, 7) is 3.94. The summed E-state index contributed by atoms with van der Waals surface area (Å²) in [6.07, 6.45) is -2.15. The number of carbonyl (C=O) groups is 1. The van der Waals surface area contributed by atoms with Gasteiger partial charge in [-0.3, -0.25) is 4.79 Å². The fourth-order valence-corrected chi connectivity index (χ4v) is 2.82. The van der Waals surface area contributed by atoms with Crippen molar-refractivity contribution in [2.24, 2.45) is 5.41 Å². The maximum absolute atomic E-state index is 12.7. The largest absolute Gasteiger partial charge is 0.355 e.